The molecular formula is C17H25Cl2N3O3. The number of benzene rings is 1. The summed E-state index contributed by atoms with van der Waals surface area (Å²) in [4.78, 5) is 27.1. The van der Waals surface area contributed by atoms with Crippen molar-refractivity contribution in [2.24, 2.45) is 0 Å². The third-order valence-electron chi connectivity index (χ3n) is 4.29. The first kappa shape index (κ1) is 21.7. The number of carboxylic acid groups (broad SMARTS) is 1. The summed E-state index contributed by atoms with van der Waals surface area (Å²) in [5.74, 6) is -0.853. The van der Waals surface area contributed by atoms with Crippen molar-refractivity contribution in [3.05, 3.63) is 29.3 Å². The Hall–Kier alpha value is -1.34. The summed E-state index contributed by atoms with van der Waals surface area (Å²) >= 11 is 5.91. The van der Waals surface area contributed by atoms with Crippen LogP contribution in [0, 0.1) is 0 Å². The molecule has 0 unspecified atom stereocenters. The fourth-order valence-corrected chi connectivity index (χ4v) is 3.28. The maximum atomic E-state index is 12.1. The minimum atomic E-state index is -0.792. The van der Waals surface area contributed by atoms with Gasteiger partial charge >= 0.3 is 5.97 Å². The predicted octanol–water partition coefficient (Wildman–Crippen LogP) is 2.57. The number of anilines is 1. The molecule has 1 fully saturated rings. The van der Waals surface area contributed by atoms with Gasteiger partial charge in [0.2, 0.25) is 5.91 Å². The van der Waals surface area contributed by atoms with Crippen LogP contribution in [0.4, 0.5) is 5.69 Å². The Morgan fingerprint density at radius 1 is 1.36 bits per heavy atom. The SMILES string of the molecule is CCN(CC(=O)O)C1CCN(CC(=O)Nc2cccc(Cl)c2)CC1.Cl. The molecule has 2 rings (SSSR count). The molecule has 8 heteroatoms. The summed E-state index contributed by atoms with van der Waals surface area (Å²) in [5, 5.41) is 12.4. The van der Waals surface area contributed by atoms with E-state index in [1.807, 2.05) is 11.8 Å². The van der Waals surface area contributed by atoms with Crippen molar-refractivity contribution in [1.82, 2.24) is 9.80 Å². The number of aliphatic carboxylic acids is 1. The first-order valence-electron chi connectivity index (χ1n) is 8.21. The predicted molar refractivity (Wildman–Crippen MR) is 102 cm³/mol. The molecule has 0 radical (unpaired) electrons. The molecule has 1 aromatic rings. The lowest BCUT2D eigenvalue weighted by Crippen LogP contribution is -2.48. The zero-order valence-electron chi connectivity index (χ0n) is 14.3. The van der Waals surface area contributed by atoms with E-state index in [0.29, 0.717) is 17.3 Å². The number of rotatable bonds is 7. The van der Waals surface area contributed by atoms with Gasteiger partial charge in [-0.15, -0.1) is 12.4 Å². The molecule has 140 valence electrons. The Morgan fingerprint density at radius 2 is 2.04 bits per heavy atom. The van der Waals surface area contributed by atoms with E-state index in [4.69, 9.17) is 16.7 Å². The number of likely N-dealkylation sites (tertiary alicyclic amines) is 1. The van der Waals surface area contributed by atoms with Gasteiger partial charge in [-0.3, -0.25) is 19.4 Å². The first-order chi connectivity index (χ1) is 11.5. The van der Waals surface area contributed by atoms with E-state index in [1.54, 1.807) is 24.3 Å². The van der Waals surface area contributed by atoms with Gasteiger partial charge in [0.05, 0.1) is 13.1 Å². The summed E-state index contributed by atoms with van der Waals surface area (Å²) in [6.07, 6.45) is 1.76. The van der Waals surface area contributed by atoms with Gasteiger partial charge in [0, 0.05) is 29.8 Å². The molecular weight excluding hydrogens is 365 g/mol. The average Bonchev–Trinajstić information content (AvgIpc) is 2.53. The Labute approximate surface area is 159 Å². The smallest absolute Gasteiger partial charge is 0.317 e. The lowest BCUT2D eigenvalue weighted by atomic mass is 10.0. The van der Waals surface area contributed by atoms with Crippen LogP contribution in [0.3, 0.4) is 0 Å². The second-order valence-corrected chi connectivity index (χ2v) is 6.46. The molecule has 0 aliphatic carbocycles. The van der Waals surface area contributed by atoms with Crippen molar-refractivity contribution in [1.29, 1.82) is 0 Å². The van der Waals surface area contributed by atoms with Gasteiger partial charge in [-0.2, -0.15) is 0 Å². The van der Waals surface area contributed by atoms with E-state index < -0.39 is 5.97 Å². The van der Waals surface area contributed by atoms with Gasteiger partial charge in [0.15, 0.2) is 0 Å². The van der Waals surface area contributed by atoms with Gasteiger partial charge in [0.25, 0.3) is 0 Å². The van der Waals surface area contributed by atoms with Crippen LogP contribution < -0.4 is 5.32 Å². The van der Waals surface area contributed by atoms with Crippen molar-refractivity contribution < 1.29 is 14.7 Å². The topological polar surface area (TPSA) is 72.9 Å². The Morgan fingerprint density at radius 3 is 2.60 bits per heavy atom. The molecule has 1 aliphatic heterocycles. The highest BCUT2D eigenvalue weighted by atomic mass is 35.5. The molecule has 1 saturated heterocycles. The number of hydrogen-bond donors (Lipinski definition) is 2. The summed E-state index contributed by atoms with van der Waals surface area (Å²) in [6.45, 7) is 4.72. The van der Waals surface area contributed by atoms with E-state index in [2.05, 4.69) is 10.2 Å². The van der Waals surface area contributed by atoms with E-state index in [1.165, 1.54) is 0 Å². The average molecular weight is 390 g/mol. The molecule has 1 aromatic carbocycles. The third-order valence-corrected chi connectivity index (χ3v) is 4.53. The van der Waals surface area contributed by atoms with Crippen LogP contribution in [0.1, 0.15) is 19.8 Å². The minimum Gasteiger partial charge on any atom is -0.480 e. The maximum Gasteiger partial charge on any atom is 0.317 e. The summed E-state index contributed by atoms with van der Waals surface area (Å²) in [7, 11) is 0. The highest BCUT2D eigenvalue weighted by Crippen LogP contribution is 2.17. The van der Waals surface area contributed by atoms with Crippen LogP contribution in [0.15, 0.2) is 24.3 Å². The highest BCUT2D eigenvalue weighted by molar-refractivity contribution is 6.30. The number of nitrogens with zero attached hydrogens (tertiary/aromatic N) is 2. The van der Waals surface area contributed by atoms with Crippen LogP contribution in [0.2, 0.25) is 5.02 Å². The van der Waals surface area contributed by atoms with Crippen LogP contribution in [-0.2, 0) is 9.59 Å². The maximum absolute atomic E-state index is 12.1. The highest BCUT2D eigenvalue weighted by Gasteiger charge is 2.25. The fraction of sp³-hybridized carbons (Fsp3) is 0.529. The van der Waals surface area contributed by atoms with Gasteiger partial charge in [-0.05, 0) is 37.6 Å². The van der Waals surface area contributed by atoms with Crippen molar-refractivity contribution in [3.63, 3.8) is 0 Å². The van der Waals surface area contributed by atoms with Gasteiger partial charge in [-0.1, -0.05) is 24.6 Å². The van der Waals surface area contributed by atoms with Crippen LogP contribution in [-0.4, -0.2) is 65.5 Å². The lowest BCUT2D eigenvalue weighted by molar-refractivity contribution is -0.139. The number of carboxylic acids is 1. The van der Waals surface area contributed by atoms with E-state index in [-0.39, 0.29) is 30.9 Å². The molecule has 0 atom stereocenters. The third kappa shape index (κ3) is 7.20. The largest absolute Gasteiger partial charge is 0.480 e. The van der Waals surface area contributed by atoms with E-state index in [9.17, 15) is 9.59 Å². The number of likely N-dealkylation sites (N-methyl/N-ethyl adjacent to an activating group) is 1. The molecule has 1 aliphatic rings. The molecule has 25 heavy (non-hydrogen) atoms. The molecule has 1 amide bonds. The van der Waals surface area contributed by atoms with Gasteiger partial charge in [-0.25, -0.2) is 0 Å². The number of nitrogens with one attached hydrogen (secondary N) is 1. The number of amides is 1. The zero-order chi connectivity index (χ0) is 17.5. The molecule has 0 saturated carbocycles. The van der Waals surface area contributed by atoms with E-state index in [0.717, 1.165) is 32.5 Å². The molecule has 0 aromatic heterocycles. The second kappa shape index (κ2) is 10.6. The molecule has 2 N–H and O–H groups in total. The van der Waals surface area contributed by atoms with Crippen LogP contribution in [0.5, 0.6) is 0 Å². The standard InChI is InChI=1S/C17H24ClN3O3.ClH/c1-2-21(12-17(23)24)15-6-8-20(9-7-15)11-16(22)19-14-5-3-4-13(18)10-14;/h3-5,10,15H,2,6-9,11-12H2,1H3,(H,19,22)(H,23,24);1H. The Bertz CT molecular complexity index is 578. The van der Waals surface area contributed by atoms with Gasteiger partial charge in [0.1, 0.15) is 0 Å². The van der Waals surface area contributed by atoms with E-state index >= 15 is 0 Å². The number of carbonyl (C=O) groups is 2. The van der Waals surface area contributed by atoms with Crippen molar-refractivity contribution in [2.45, 2.75) is 25.8 Å². The number of piperidine rings is 1. The van der Waals surface area contributed by atoms with Crippen molar-refractivity contribution >= 4 is 41.6 Å². The first-order valence-corrected chi connectivity index (χ1v) is 8.59. The lowest BCUT2D eigenvalue weighted by Gasteiger charge is -2.37. The molecule has 0 spiro atoms. The van der Waals surface area contributed by atoms with Crippen molar-refractivity contribution in [3.8, 4) is 0 Å². The zero-order valence-corrected chi connectivity index (χ0v) is 15.9. The van der Waals surface area contributed by atoms with Crippen molar-refractivity contribution in [2.75, 3.05) is 38.0 Å². The quantitative estimate of drug-likeness (QED) is 0.749. The van der Waals surface area contributed by atoms with Gasteiger partial charge < -0.3 is 10.4 Å². The monoisotopic (exact) mass is 389 g/mol. The number of hydrogen-bond acceptors (Lipinski definition) is 4. The number of halogens is 2. The Balaban J connectivity index is 0.00000312. The molecule has 6 nitrogen and oxygen atoms in total. The summed E-state index contributed by atoms with van der Waals surface area (Å²) in [6, 6.07) is 7.36. The minimum absolute atomic E-state index is 0. The van der Waals surface area contributed by atoms with Crippen LogP contribution >= 0.6 is 24.0 Å². The molecule has 0 bridgehead atoms. The molecule has 1 heterocycles. The normalized spacial score (nSPS) is 15.6. The summed E-state index contributed by atoms with van der Waals surface area (Å²) in [5.41, 5.74) is 0.695. The summed E-state index contributed by atoms with van der Waals surface area (Å²) < 4.78 is 0. The number of carbonyl (C=O) groups excluding carboxylic acids is 1. The van der Waals surface area contributed by atoms with Crippen LogP contribution in [0.25, 0.3) is 0 Å². The second-order valence-electron chi connectivity index (χ2n) is 6.02. The fourth-order valence-electron chi connectivity index (χ4n) is 3.09. The Kier molecular flexibility index (Phi) is 9.21.